The van der Waals surface area contributed by atoms with Crippen LogP contribution in [0.25, 0.3) is 0 Å². The highest BCUT2D eigenvalue weighted by Crippen LogP contribution is 2.25. The van der Waals surface area contributed by atoms with E-state index in [1.54, 1.807) is 0 Å². The Morgan fingerprint density at radius 1 is 1.06 bits per heavy atom. The van der Waals surface area contributed by atoms with Gasteiger partial charge in [-0.3, -0.25) is 0 Å². The molecule has 0 saturated heterocycles. The van der Waals surface area contributed by atoms with Crippen molar-refractivity contribution in [2.75, 3.05) is 0 Å². The van der Waals surface area contributed by atoms with Crippen molar-refractivity contribution in [3.05, 3.63) is 68.9 Å². The Bertz CT molecular complexity index is 560. The van der Waals surface area contributed by atoms with Crippen molar-refractivity contribution in [1.29, 1.82) is 0 Å². The Labute approximate surface area is 115 Å². The van der Waals surface area contributed by atoms with Gasteiger partial charge in [0.1, 0.15) is 5.82 Å². The van der Waals surface area contributed by atoms with E-state index in [0.29, 0.717) is 0 Å². The molecule has 1 unspecified atom stereocenters. The van der Waals surface area contributed by atoms with Crippen molar-refractivity contribution in [2.45, 2.75) is 19.9 Å². The maximum Gasteiger partial charge on any atom is 0.123 e. The zero-order chi connectivity index (χ0) is 13.3. The largest absolute Gasteiger partial charge is 0.320 e. The molecule has 0 spiro atoms. The third kappa shape index (κ3) is 2.79. The summed E-state index contributed by atoms with van der Waals surface area (Å²) >= 11 is 3.49. The lowest BCUT2D eigenvalue weighted by Crippen LogP contribution is -2.12. The first-order valence-electron chi connectivity index (χ1n) is 5.76. The van der Waals surface area contributed by atoms with E-state index in [0.717, 1.165) is 26.7 Å². The standard InChI is InChI=1S/C15H15BrFN/c1-9-5-12(7-13(17)6-9)15(18)11-4-3-10(2)14(16)8-11/h3-8,15H,18H2,1-2H3. The Hall–Kier alpha value is -1.19. The van der Waals surface area contributed by atoms with E-state index in [1.807, 2.05) is 38.1 Å². The number of hydrogen-bond acceptors (Lipinski definition) is 1. The minimum Gasteiger partial charge on any atom is -0.320 e. The van der Waals surface area contributed by atoms with Crippen molar-refractivity contribution in [1.82, 2.24) is 0 Å². The van der Waals surface area contributed by atoms with Crippen LogP contribution < -0.4 is 5.73 Å². The zero-order valence-corrected chi connectivity index (χ0v) is 12.0. The molecule has 0 aliphatic heterocycles. The predicted octanol–water partition coefficient (Wildman–Crippen LogP) is 4.25. The molecule has 0 heterocycles. The van der Waals surface area contributed by atoms with Crippen molar-refractivity contribution in [3.63, 3.8) is 0 Å². The second kappa shape index (κ2) is 5.21. The quantitative estimate of drug-likeness (QED) is 0.881. The van der Waals surface area contributed by atoms with Gasteiger partial charge in [-0.25, -0.2) is 4.39 Å². The highest BCUT2D eigenvalue weighted by molar-refractivity contribution is 9.10. The van der Waals surface area contributed by atoms with Crippen LogP contribution in [0.4, 0.5) is 4.39 Å². The molecule has 2 aromatic rings. The number of rotatable bonds is 2. The van der Waals surface area contributed by atoms with Crippen molar-refractivity contribution < 1.29 is 4.39 Å². The first kappa shape index (κ1) is 13.2. The summed E-state index contributed by atoms with van der Waals surface area (Å²) in [4.78, 5) is 0. The minimum absolute atomic E-state index is 0.244. The van der Waals surface area contributed by atoms with E-state index in [1.165, 1.54) is 12.1 Å². The van der Waals surface area contributed by atoms with Crippen LogP contribution in [0, 0.1) is 19.7 Å². The lowest BCUT2D eigenvalue weighted by Gasteiger charge is -2.14. The summed E-state index contributed by atoms with van der Waals surface area (Å²) in [6, 6.07) is 10.6. The van der Waals surface area contributed by atoms with Gasteiger partial charge in [-0.15, -0.1) is 0 Å². The maximum atomic E-state index is 13.4. The first-order valence-corrected chi connectivity index (χ1v) is 6.55. The highest BCUT2D eigenvalue weighted by Gasteiger charge is 2.11. The Morgan fingerprint density at radius 2 is 1.78 bits per heavy atom. The molecular weight excluding hydrogens is 293 g/mol. The summed E-state index contributed by atoms with van der Waals surface area (Å²) in [6.07, 6.45) is 0. The number of benzene rings is 2. The van der Waals surface area contributed by atoms with Gasteiger partial charge in [0, 0.05) is 4.47 Å². The molecule has 0 bridgehead atoms. The Kier molecular flexibility index (Phi) is 3.83. The summed E-state index contributed by atoms with van der Waals surface area (Å²) < 4.78 is 14.4. The number of halogens is 2. The predicted molar refractivity (Wildman–Crippen MR) is 76.0 cm³/mol. The molecule has 0 aromatic heterocycles. The molecule has 0 amide bonds. The Balaban J connectivity index is 2.40. The second-order valence-electron chi connectivity index (χ2n) is 4.55. The van der Waals surface area contributed by atoms with Crippen LogP contribution >= 0.6 is 15.9 Å². The lowest BCUT2D eigenvalue weighted by molar-refractivity contribution is 0.622. The van der Waals surface area contributed by atoms with E-state index in [-0.39, 0.29) is 11.9 Å². The van der Waals surface area contributed by atoms with Gasteiger partial charge in [-0.1, -0.05) is 34.1 Å². The topological polar surface area (TPSA) is 26.0 Å². The summed E-state index contributed by atoms with van der Waals surface area (Å²) in [7, 11) is 0. The normalized spacial score (nSPS) is 12.5. The average Bonchev–Trinajstić information content (AvgIpc) is 2.30. The molecule has 2 rings (SSSR count). The smallest absolute Gasteiger partial charge is 0.123 e. The maximum absolute atomic E-state index is 13.4. The fraction of sp³-hybridized carbons (Fsp3) is 0.200. The van der Waals surface area contributed by atoms with E-state index in [9.17, 15) is 4.39 Å². The molecular formula is C15H15BrFN. The lowest BCUT2D eigenvalue weighted by atomic mass is 9.97. The van der Waals surface area contributed by atoms with Crippen LogP contribution in [0.1, 0.15) is 28.3 Å². The molecule has 0 aliphatic carbocycles. The third-order valence-corrected chi connectivity index (χ3v) is 3.83. The van der Waals surface area contributed by atoms with Gasteiger partial charge < -0.3 is 5.73 Å². The summed E-state index contributed by atoms with van der Waals surface area (Å²) in [5, 5.41) is 0. The molecule has 1 atom stereocenters. The van der Waals surface area contributed by atoms with E-state index >= 15 is 0 Å². The van der Waals surface area contributed by atoms with Gasteiger partial charge in [0.25, 0.3) is 0 Å². The molecule has 3 heteroatoms. The van der Waals surface area contributed by atoms with Crippen LogP contribution in [-0.4, -0.2) is 0 Å². The van der Waals surface area contributed by atoms with E-state index in [4.69, 9.17) is 5.73 Å². The average molecular weight is 308 g/mol. The van der Waals surface area contributed by atoms with Gasteiger partial charge >= 0.3 is 0 Å². The van der Waals surface area contributed by atoms with Gasteiger partial charge in [-0.2, -0.15) is 0 Å². The van der Waals surface area contributed by atoms with Crippen LogP contribution in [0.5, 0.6) is 0 Å². The van der Waals surface area contributed by atoms with Gasteiger partial charge in [0.15, 0.2) is 0 Å². The highest BCUT2D eigenvalue weighted by atomic mass is 79.9. The molecule has 94 valence electrons. The summed E-state index contributed by atoms with van der Waals surface area (Å²) in [5.41, 5.74) is 9.99. The molecule has 2 aromatic carbocycles. The van der Waals surface area contributed by atoms with Crippen LogP contribution in [-0.2, 0) is 0 Å². The Morgan fingerprint density at radius 3 is 2.39 bits per heavy atom. The molecule has 1 nitrogen and oxygen atoms in total. The van der Waals surface area contributed by atoms with E-state index in [2.05, 4.69) is 15.9 Å². The molecule has 2 N–H and O–H groups in total. The molecule has 0 fully saturated rings. The first-order chi connectivity index (χ1) is 8.47. The zero-order valence-electron chi connectivity index (χ0n) is 10.4. The van der Waals surface area contributed by atoms with Gasteiger partial charge in [0.2, 0.25) is 0 Å². The second-order valence-corrected chi connectivity index (χ2v) is 5.40. The van der Waals surface area contributed by atoms with Crippen molar-refractivity contribution in [2.24, 2.45) is 5.73 Å². The van der Waals surface area contributed by atoms with Crippen LogP contribution in [0.3, 0.4) is 0 Å². The fourth-order valence-corrected chi connectivity index (χ4v) is 2.34. The third-order valence-electron chi connectivity index (χ3n) is 2.98. The number of hydrogen-bond donors (Lipinski definition) is 1. The van der Waals surface area contributed by atoms with Crippen molar-refractivity contribution in [3.8, 4) is 0 Å². The van der Waals surface area contributed by atoms with Crippen LogP contribution in [0.2, 0.25) is 0 Å². The number of nitrogens with two attached hydrogens (primary N) is 1. The van der Waals surface area contributed by atoms with E-state index < -0.39 is 0 Å². The molecule has 0 aliphatic rings. The summed E-state index contributed by atoms with van der Waals surface area (Å²) in [5.74, 6) is -0.244. The molecule has 0 saturated carbocycles. The monoisotopic (exact) mass is 307 g/mol. The van der Waals surface area contributed by atoms with Gasteiger partial charge in [0.05, 0.1) is 6.04 Å². The van der Waals surface area contributed by atoms with Crippen molar-refractivity contribution >= 4 is 15.9 Å². The summed E-state index contributed by atoms with van der Waals surface area (Å²) in [6.45, 7) is 3.88. The molecule has 18 heavy (non-hydrogen) atoms. The molecule has 0 radical (unpaired) electrons. The number of aryl methyl sites for hydroxylation is 2. The minimum atomic E-state index is -0.309. The van der Waals surface area contributed by atoms with Gasteiger partial charge in [-0.05, 0) is 54.3 Å². The van der Waals surface area contributed by atoms with Crippen LogP contribution in [0.15, 0.2) is 40.9 Å². The SMILES string of the molecule is Cc1cc(F)cc(C(N)c2ccc(C)c(Br)c2)c1. The fourth-order valence-electron chi connectivity index (χ4n) is 1.94.